The number of carbonyl (C=O) groups excluding carboxylic acids is 2. The third kappa shape index (κ3) is 3.55. The molecule has 1 aromatic carbocycles. The minimum atomic E-state index is -1.70. The van der Waals surface area contributed by atoms with Gasteiger partial charge < -0.3 is 25.5 Å². The van der Waals surface area contributed by atoms with Crippen molar-refractivity contribution in [2.24, 2.45) is 5.73 Å². The van der Waals surface area contributed by atoms with Crippen LogP contribution in [0, 0.1) is 0 Å². The number of hydrogen-bond acceptors (Lipinski definition) is 7. The summed E-state index contributed by atoms with van der Waals surface area (Å²) in [6.45, 7) is -0.0410. The van der Waals surface area contributed by atoms with Gasteiger partial charge in [0.1, 0.15) is 6.61 Å². The third-order valence-electron chi connectivity index (χ3n) is 2.71. The molecule has 1 aromatic heterocycles. The van der Waals surface area contributed by atoms with Gasteiger partial charge in [-0.25, -0.2) is 9.59 Å². The van der Waals surface area contributed by atoms with E-state index in [1.165, 1.54) is 0 Å². The van der Waals surface area contributed by atoms with E-state index in [4.69, 9.17) is 10.5 Å². The summed E-state index contributed by atoms with van der Waals surface area (Å²) in [6.07, 6.45) is 0. The molecule has 8 nitrogen and oxygen atoms in total. The summed E-state index contributed by atoms with van der Waals surface area (Å²) >= 11 is 0. The molecule has 0 radical (unpaired) electrons. The number of nitrogens with two attached hydrogens (primary N) is 1. The fourth-order valence-corrected chi connectivity index (χ4v) is 1.56. The highest BCUT2D eigenvalue weighted by atomic mass is 16.7. The van der Waals surface area contributed by atoms with Crippen LogP contribution in [0.2, 0.25) is 0 Å². The predicted octanol–water partition coefficient (Wildman–Crippen LogP) is -0.0748. The molecule has 116 valence electrons. The molecule has 0 fully saturated rings. The van der Waals surface area contributed by atoms with Crippen molar-refractivity contribution < 1.29 is 29.4 Å². The number of aromatic nitrogens is 1. The maximum Gasteiger partial charge on any atom is 0.361 e. The van der Waals surface area contributed by atoms with Crippen LogP contribution >= 0.6 is 0 Å². The molecule has 0 amide bonds. The van der Waals surface area contributed by atoms with Crippen LogP contribution in [0.25, 0.3) is 0 Å². The monoisotopic (exact) mass is 306 g/mol. The second-order valence-corrected chi connectivity index (χ2v) is 4.33. The van der Waals surface area contributed by atoms with Crippen molar-refractivity contribution >= 4 is 11.9 Å². The minimum absolute atomic E-state index is 0.0410. The standard InChI is InChI=1S/C14H14N2O6/c15-12(13(19)21-8-9-4-2-1-3-5-9)14(20)22-16-10(17)6-7-11(16)18/h1-7,12,17-18H,8,15H2. The van der Waals surface area contributed by atoms with E-state index in [0.29, 0.717) is 4.73 Å². The van der Waals surface area contributed by atoms with Crippen LogP contribution in [0.3, 0.4) is 0 Å². The Hall–Kier alpha value is -3.00. The maximum absolute atomic E-state index is 11.7. The second kappa shape index (κ2) is 6.64. The topological polar surface area (TPSA) is 124 Å². The Balaban J connectivity index is 1.91. The van der Waals surface area contributed by atoms with E-state index in [1.54, 1.807) is 24.3 Å². The normalized spacial score (nSPS) is 11.7. The molecule has 0 aliphatic carbocycles. The molecule has 8 heteroatoms. The second-order valence-electron chi connectivity index (χ2n) is 4.33. The molecule has 1 heterocycles. The van der Waals surface area contributed by atoms with Crippen LogP contribution in [0.5, 0.6) is 11.8 Å². The maximum atomic E-state index is 11.7. The lowest BCUT2D eigenvalue weighted by Gasteiger charge is -2.12. The number of carbonyl (C=O) groups is 2. The highest BCUT2D eigenvalue weighted by Gasteiger charge is 2.27. The molecule has 1 atom stereocenters. The smallest absolute Gasteiger partial charge is 0.361 e. The Morgan fingerprint density at radius 3 is 2.23 bits per heavy atom. The summed E-state index contributed by atoms with van der Waals surface area (Å²) < 4.78 is 5.33. The Bertz CT molecular complexity index is 648. The number of benzene rings is 1. The van der Waals surface area contributed by atoms with Gasteiger partial charge in [-0.05, 0) is 5.56 Å². The van der Waals surface area contributed by atoms with Gasteiger partial charge in [0.05, 0.1) is 0 Å². The zero-order valence-corrected chi connectivity index (χ0v) is 11.4. The van der Waals surface area contributed by atoms with E-state index in [2.05, 4.69) is 4.84 Å². The van der Waals surface area contributed by atoms with Crippen LogP contribution in [0.15, 0.2) is 42.5 Å². The number of aromatic hydroxyl groups is 2. The molecule has 1 unspecified atom stereocenters. The molecule has 2 aromatic rings. The van der Waals surface area contributed by atoms with Crippen molar-refractivity contribution in [1.29, 1.82) is 0 Å². The first kappa shape index (κ1) is 15.4. The molecule has 2 rings (SSSR count). The lowest BCUT2D eigenvalue weighted by Crippen LogP contribution is -2.44. The fraction of sp³-hybridized carbons (Fsp3) is 0.143. The molecule has 22 heavy (non-hydrogen) atoms. The average molecular weight is 306 g/mol. The van der Waals surface area contributed by atoms with Gasteiger partial charge in [0, 0.05) is 12.1 Å². The lowest BCUT2D eigenvalue weighted by atomic mass is 10.2. The van der Waals surface area contributed by atoms with Crippen molar-refractivity contribution in [3.63, 3.8) is 0 Å². The Morgan fingerprint density at radius 1 is 1.05 bits per heavy atom. The van der Waals surface area contributed by atoms with Gasteiger partial charge in [0.2, 0.25) is 17.8 Å². The molecule has 0 saturated heterocycles. The van der Waals surface area contributed by atoms with Crippen molar-refractivity contribution in [3.05, 3.63) is 48.0 Å². The van der Waals surface area contributed by atoms with Crippen molar-refractivity contribution in [2.75, 3.05) is 0 Å². The Kier molecular flexibility index (Phi) is 4.64. The van der Waals surface area contributed by atoms with E-state index in [9.17, 15) is 19.8 Å². The van der Waals surface area contributed by atoms with Gasteiger partial charge in [-0.15, -0.1) is 4.73 Å². The van der Waals surface area contributed by atoms with Gasteiger partial charge in [-0.1, -0.05) is 30.3 Å². The van der Waals surface area contributed by atoms with Crippen molar-refractivity contribution in [1.82, 2.24) is 4.73 Å². The van der Waals surface area contributed by atoms with Crippen LogP contribution < -0.4 is 10.6 Å². The number of esters is 1. The van der Waals surface area contributed by atoms with Crippen molar-refractivity contribution in [3.8, 4) is 11.8 Å². The van der Waals surface area contributed by atoms with Crippen LogP contribution in [-0.2, 0) is 20.9 Å². The quantitative estimate of drug-likeness (QED) is 0.521. The molecular formula is C14H14N2O6. The van der Waals surface area contributed by atoms with Gasteiger partial charge in [0.15, 0.2) is 0 Å². The van der Waals surface area contributed by atoms with Gasteiger partial charge in [-0.3, -0.25) is 0 Å². The van der Waals surface area contributed by atoms with E-state index in [1.807, 2.05) is 6.07 Å². The summed E-state index contributed by atoms with van der Waals surface area (Å²) in [5, 5.41) is 18.6. The lowest BCUT2D eigenvalue weighted by molar-refractivity contribution is -0.158. The summed E-state index contributed by atoms with van der Waals surface area (Å²) in [6, 6.07) is 9.34. The molecule has 0 bridgehead atoms. The highest BCUT2D eigenvalue weighted by Crippen LogP contribution is 2.18. The SMILES string of the molecule is NC(C(=O)OCc1ccccc1)C(=O)On1c(O)ccc1O. The summed E-state index contributed by atoms with van der Waals surface area (Å²) in [4.78, 5) is 28.0. The van der Waals surface area contributed by atoms with Gasteiger partial charge in [0.25, 0.3) is 0 Å². The molecule has 4 N–H and O–H groups in total. The fourth-order valence-electron chi connectivity index (χ4n) is 1.56. The third-order valence-corrected chi connectivity index (χ3v) is 2.71. The van der Waals surface area contributed by atoms with E-state index in [-0.39, 0.29) is 6.61 Å². The number of rotatable bonds is 5. The molecule has 0 spiro atoms. The van der Waals surface area contributed by atoms with Crippen LogP contribution in [-0.4, -0.2) is 32.9 Å². The Morgan fingerprint density at radius 2 is 1.64 bits per heavy atom. The zero-order valence-electron chi connectivity index (χ0n) is 11.4. The van der Waals surface area contributed by atoms with E-state index in [0.717, 1.165) is 17.7 Å². The summed E-state index contributed by atoms with van der Waals surface area (Å²) in [7, 11) is 0. The summed E-state index contributed by atoms with van der Waals surface area (Å²) in [5.74, 6) is -3.20. The number of nitrogens with zero attached hydrogens (tertiary/aromatic N) is 1. The summed E-state index contributed by atoms with van der Waals surface area (Å²) in [5.41, 5.74) is 6.15. The first-order valence-corrected chi connectivity index (χ1v) is 6.27. The number of hydrogen-bond donors (Lipinski definition) is 3. The highest BCUT2D eigenvalue weighted by molar-refractivity contribution is 5.99. The number of ether oxygens (including phenoxy) is 1. The van der Waals surface area contributed by atoms with Crippen molar-refractivity contribution in [2.45, 2.75) is 12.6 Å². The molecule has 0 saturated carbocycles. The minimum Gasteiger partial charge on any atom is -0.492 e. The molecule has 0 aliphatic heterocycles. The molecule has 0 aliphatic rings. The first-order valence-electron chi connectivity index (χ1n) is 6.27. The average Bonchev–Trinajstić information content (AvgIpc) is 2.84. The first-order chi connectivity index (χ1) is 10.5. The van der Waals surface area contributed by atoms with Crippen LogP contribution in [0.4, 0.5) is 0 Å². The largest absolute Gasteiger partial charge is 0.492 e. The molecular weight excluding hydrogens is 292 g/mol. The Labute approximate surface area is 125 Å². The van der Waals surface area contributed by atoms with Gasteiger partial charge in [-0.2, -0.15) is 0 Å². The van der Waals surface area contributed by atoms with E-state index >= 15 is 0 Å². The predicted molar refractivity (Wildman–Crippen MR) is 73.6 cm³/mol. The van der Waals surface area contributed by atoms with E-state index < -0.39 is 29.7 Å². The van der Waals surface area contributed by atoms with Crippen LogP contribution in [0.1, 0.15) is 5.56 Å². The zero-order chi connectivity index (χ0) is 16.1. The van der Waals surface area contributed by atoms with Gasteiger partial charge >= 0.3 is 11.9 Å².